The van der Waals surface area contributed by atoms with Crippen LogP contribution in [-0.4, -0.2) is 11.8 Å². The smallest absolute Gasteiger partial charge is 0.240 e. The average Bonchev–Trinajstić information content (AvgIpc) is 2.62. The number of unbranched alkanes of at least 4 members (excludes halogenated alkanes) is 1. The van der Waals surface area contributed by atoms with Crippen molar-refractivity contribution in [1.82, 2.24) is 0 Å². The molecule has 2 aromatic rings. The van der Waals surface area contributed by atoms with Gasteiger partial charge in [-0.15, -0.1) is 0 Å². The molecule has 0 saturated carbocycles. The second-order valence-corrected chi connectivity index (χ2v) is 6.70. The second kappa shape index (κ2) is 9.07. The molecule has 2 aromatic carbocycles. The largest absolute Gasteiger partial charge is 0.399 e. The third kappa shape index (κ3) is 5.00. The Morgan fingerprint density at radius 2 is 1.37 bits per heavy atom. The molecular weight excluding hydrogens is 340 g/mol. The summed E-state index contributed by atoms with van der Waals surface area (Å²) in [6.07, 6.45) is 2.50. The van der Waals surface area contributed by atoms with Crippen LogP contribution in [0.15, 0.2) is 48.5 Å². The lowest BCUT2D eigenvalue weighted by molar-refractivity contribution is -0.138. The van der Waals surface area contributed by atoms with E-state index in [4.69, 9.17) is 11.5 Å². The summed E-state index contributed by atoms with van der Waals surface area (Å²) >= 11 is 0. The Balaban J connectivity index is 2.29. The Morgan fingerprint density at radius 1 is 0.889 bits per heavy atom. The maximum Gasteiger partial charge on any atom is 0.240 e. The number of carbonyl (C=O) groups excluding carboxylic acids is 2. The highest BCUT2D eigenvalue weighted by atomic mass is 16.2. The first kappa shape index (κ1) is 20.3. The summed E-state index contributed by atoms with van der Waals surface area (Å²) < 4.78 is 0. The highest BCUT2D eigenvalue weighted by molar-refractivity contribution is 6.14. The summed E-state index contributed by atoms with van der Waals surface area (Å²) in [5.74, 6) is -0.657. The van der Waals surface area contributed by atoms with Gasteiger partial charge in [0.05, 0.1) is 0 Å². The molecule has 0 fully saturated rings. The van der Waals surface area contributed by atoms with Crippen molar-refractivity contribution in [3.8, 4) is 0 Å². The van der Waals surface area contributed by atoms with Crippen LogP contribution in [0.25, 0.3) is 0 Å². The molecule has 0 unspecified atom stereocenters. The van der Waals surface area contributed by atoms with E-state index in [2.05, 4.69) is 10.6 Å². The standard InChI is InChI=1S/C21H28N4O2/c1-3-5-12-21(4-2,19(26)24-17-10-6-8-15(22)13-17)20(27)25-18-11-7-9-16(23)14-18/h6-11,13-14H,3-5,12,22-23H2,1-2H3,(H,24,26)(H,25,27). The Kier molecular flexibility index (Phi) is 6.82. The molecule has 0 bridgehead atoms. The van der Waals surface area contributed by atoms with E-state index in [0.29, 0.717) is 35.6 Å². The van der Waals surface area contributed by atoms with Crippen molar-refractivity contribution in [3.63, 3.8) is 0 Å². The summed E-state index contributed by atoms with van der Waals surface area (Å²) in [7, 11) is 0. The van der Waals surface area contributed by atoms with Crippen LogP contribution in [-0.2, 0) is 9.59 Å². The fraction of sp³-hybridized carbons (Fsp3) is 0.333. The molecular formula is C21H28N4O2. The zero-order valence-electron chi connectivity index (χ0n) is 15.9. The molecule has 6 heteroatoms. The predicted molar refractivity (Wildman–Crippen MR) is 111 cm³/mol. The molecule has 6 nitrogen and oxygen atoms in total. The number of rotatable bonds is 8. The van der Waals surface area contributed by atoms with Gasteiger partial charge >= 0.3 is 0 Å². The van der Waals surface area contributed by atoms with Gasteiger partial charge in [0.15, 0.2) is 0 Å². The van der Waals surface area contributed by atoms with Gasteiger partial charge in [-0.3, -0.25) is 9.59 Å². The summed E-state index contributed by atoms with van der Waals surface area (Å²) in [6.45, 7) is 3.89. The Hall–Kier alpha value is -3.02. The van der Waals surface area contributed by atoms with E-state index < -0.39 is 5.41 Å². The van der Waals surface area contributed by atoms with Gasteiger partial charge < -0.3 is 22.1 Å². The third-order valence-electron chi connectivity index (χ3n) is 4.72. The number of anilines is 4. The lowest BCUT2D eigenvalue weighted by atomic mass is 9.78. The minimum absolute atomic E-state index is 0.328. The van der Waals surface area contributed by atoms with Gasteiger partial charge in [-0.2, -0.15) is 0 Å². The van der Waals surface area contributed by atoms with Crippen molar-refractivity contribution in [2.24, 2.45) is 5.41 Å². The number of hydrogen-bond acceptors (Lipinski definition) is 4. The van der Waals surface area contributed by atoms with Crippen molar-refractivity contribution in [3.05, 3.63) is 48.5 Å². The number of nitrogens with one attached hydrogen (secondary N) is 2. The van der Waals surface area contributed by atoms with Gasteiger partial charge in [0.25, 0.3) is 0 Å². The number of nitrogen functional groups attached to an aromatic ring is 2. The molecule has 0 aliphatic rings. The van der Waals surface area contributed by atoms with Crippen LogP contribution in [0.3, 0.4) is 0 Å². The topological polar surface area (TPSA) is 110 Å². The van der Waals surface area contributed by atoms with Gasteiger partial charge in [-0.05, 0) is 49.2 Å². The molecule has 0 aliphatic heterocycles. The number of nitrogens with two attached hydrogens (primary N) is 2. The predicted octanol–water partition coefficient (Wildman–Crippen LogP) is 4.01. The first-order valence-electron chi connectivity index (χ1n) is 9.25. The highest BCUT2D eigenvalue weighted by Gasteiger charge is 2.43. The van der Waals surface area contributed by atoms with Gasteiger partial charge in [0.2, 0.25) is 11.8 Å². The minimum Gasteiger partial charge on any atom is -0.399 e. The van der Waals surface area contributed by atoms with E-state index in [-0.39, 0.29) is 11.8 Å². The van der Waals surface area contributed by atoms with Gasteiger partial charge in [0, 0.05) is 22.7 Å². The summed E-state index contributed by atoms with van der Waals surface area (Å²) in [6, 6.07) is 13.9. The third-order valence-corrected chi connectivity index (χ3v) is 4.72. The molecule has 6 N–H and O–H groups in total. The van der Waals surface area contributed by atoms with Gasteiger partial charge in [-0.1, -0.05) is 38.8 Å². The SMILES string of the molecule is CCCCC(CC)(C(=O)Nc1cccc(N)c1)C(=O)Nc1cccc(N)c1. The molecule has 0 heterocycles. The monoisotopic (exact) mass is 368 g/mol. The van der Waals surface area contributed by atoms with Gasteiger partial charge in [-0.25, -0.2) is 0 Å². The van der Waals surface area contributed by atoms with Gasteiger partial charge in [0.1, 0.15) is 5.41 Å². The summed E-state index contributed by atoms with van der Waals surface area (Å²) in [5.41, 5.74) is 12.7. The van der Waals surface area contributed by atoms with Crippen molar-refractivity contribution < 1.29 is 9.59 Å². The second-order valence-electron chi connectivity index (χ2n) is 6.70. The zero-order valence-corrected chi connectivity index (χ0v) is 15.9. The van der Waals surface area contributed by atoms with Crippen molar-refractivity contribution in [2.45, 2.75) is 39.5 Å². The Bertz CT molecular complexity index is 745. The number of hydrogen-bond donors (Lipinski definition) is 4. The molecule has 27 heavy (non-hydrogen) atoms. The molecule has 2 rings (SSSR count). The molecule has 144 valence electrons. The van der Waals surface area contributed by atoms with Crippen LogP contribution in [0.5, 0.6) is 0 Å². The molecule has 2 amide bonds. The van der Waals surface area contributed by atoms with E-state index >= 15 is 0 Å². The zero-order chi connectivity index (χ0) is 19.9. The number of benzene rings is 2. The van der Waals surface area contributed by atoms with Crippen LogP contribution in [0.4, 0.5) is 22.7 Å². The van der Waals surface area contributed by atoms with Crippen molar-refractivity contribution in [2.75, 3.05) is 22.1 Å². The maximum atomic E-state index is 13.1. The van der Waals surface area contributed by atoms with Crippen LogP contribution in [0.2, 0.25) is 0 Å². The first-order valence-corrected chi connectivity index (χ1v) is 9.25. The van der Waals surface area contributed by atoms with Crippen molar-refractivity contribution in [1.29, 1.82) is 0 Å². The molecule has 0 aromatic heterocycles. The fourth-order valence-electron chi connectivity index (χ4n) is 3.04. The van der Waals surface area contributed by atoms with E-state index in [9.17, 15) is 9.59 Å². The summed E-state index contributed by atoms with van der Waals surface area (Å²) in [5, 5.41) is 5.71. The Labute approximate surface area is 160 Å². The van der Waals surface area contributed by atoms with Crippen LogP contribution < -0.4 is 22.1 Å². The number of carbonyl (C=O) groups is 2. The molecule has 0 aliphatic carbocycles. The average molecular weight is 368 g/mol. The molecule has 0 radical (unpaired) electrons. The van der Waals surface area contributed by atoms with E-state index in [1.807, 2.05) is 13.8 Å². The lowest BCUT2D eigenvalue weighted by Gasteiger charge is -2.30. The molecule has 0 saturated heterocycles. The van der Waals surface area contributed by atoms with E-state index in [1.165, 1.54) is 0 Å². The van der Waals surface area contributed by atoms with E-state index in [0.717, 1.165) is 12.8 Å². The molecule has 0 atom stereocenters. The minimum atomic E-state index is -1.18. The Morgan fingerprint density at radius 3 is 1.74 bits per heavy atom. The fourth-order valence-corrected chi connectivity index (χ4v) is 3.04. The molecule has 0 spiro atoms. The lowest BCUT2D eigenvalue weighted by Crippen LogP contribution is -2.46. The van der Waals surface area contributed by atoms with Crippen LogP contribution in [0.1, 0.15) is 39.5 Å². The normalized spacial score (nSPS) is 11.0. The van der Waals surface area contributed by atoms with Crippen molar-refractivity contribution >= 4 is 34.6 Å². The first-order chi connectivity index (χ1) is 12.9. The van der Waals surface area contributed by atoms with Crippen LogP contribution >= 0.6 is 0 Å². The number of amides is 2. The quantitative estimate of drug-likeness (QED) is 0.417. The van der Waals surface area contributed by atoms with Crippen LogP contribution in [0, 0.1) is 5.41 Å². The highest BCUT2D eigenvalue weighted by Crippen LogP contribution is 2.33. The van der Waals surface area contributed by atoms with E-state index in [1.54, 1.807) is 48.5 Å². The summed E-state index contributed by atoms with van der Waals surface area (Å²) in [4.78, 5) is 26.3. The maximum absolute atomic E-state index is 13.1.